The van der Waals surface area contributed by atoms with E-state index < -0.39 is 11.3 Å². The van der Waals surface area contributed by atoms with Crippen LogP contribution in [-0.4, -0.2) is 35.7 Å². The second kappa shape index (κ2) is 9.38. The second-order valence-electron chi connectivity index (χ2n) is 8.73. The van der Waals surface area contributed by atoms with E-state index in [1.807, 2.05) is 17.0 Å². The molecule has 4 aromatic rings. The number of phenolic OH excluding ortho intramolecular Hbond substituents is 1. The number of benzene rings is 2. The van der Waals surface area contributed by atoms with Crippen molar-refractivity contribution in [3.05, 3.63) is 74.9 Å². The number of nitrogens with zero attached hydrogens (tertiary/aromatic N) is 1. The molecule has 2 aromatic heterocycles. The molecular formula is C27H25NO7. The first-order valence-corrected chi connectivity index (χ1v) is 11.7. The third-order valence-corrected chi connectivity index (χ3v) is 6.43. The third kappa shape index (κ3) is 4.44. The number of esters is 1. The van der Waals surface area contributed by atoms with Gasteiger partial charge < -0.3 is 18.7 Å². The molecule has 1 N–H and O–H groups in total. The van der Waals surface area contributed by atoms with Crippen LogP contribution in [0.2, 0.25) is 0 Å². The average Bonchev–Trinajstić information content (AvgIpc) is 2.85. The van der Waals surface area contributed by atoms with Gasteiger partial charge in [-0.15, -0.1) is 0 Å². The molecule has 5 rings (SSSR count). The third-order valence-electron chi connectivity index (χ3n) is 6.43. The van der Waals surface area contributed by atoms with Crippen LogP contribution in [0.3, 0.4) is 0 Å². The predicted octanol–water partition coefficient (Wildman–Crippen LogP) is 4.05. The van der Waals surface area contributed by atoms with Crippen molar-refractivity contribution in [1.29, 1.82) is 0 Å². The number of carbonyl (C=O) groups is 1. The van der Waals surface area contributed by atoms with Gasteiger partial charge in [0.05, 0.1) is 23.7 Å². The summed E-state index contributed by atoms with van der Waals surface area (Å²) in [6, 6.07) is 13.2. The molecule has 3 heterocycles. The first kappa shape index (κ1) is 22.9. The molecule has 0 amide bonds. The van der Waals surface area contributed by atoms with Gasteiger partial charge in [0, 0.05) is 35.5 Å². The van der Waals surface area contributed by atoms with Crippen molar-refractivity contribution in [3.8, 4) is 16.9 Å². The first-order valence-electron chi connectivity index (χ1n) is 11.7. The molecule has 0 saturated carbocycles. The summed E-state index contributed by atoms with van der Waals surface area (Å²) in [6.07, 6.45) is 1.55. The van der Waals surface area contributed by atoms with Gasteiger partial charge in [0.1, 0.15) is 16.9 Å². The Hall–Kier alpha value is -3.91. The van der Waals surface area contributed by atoms with E-state index in [1.54, 1.807) is 31.2 Å². The Kier molecular flexibility index (Phi) is 6.13. The Morgan fingerprint density at radius 2 is 1.94 bits per heavy atom. The van der Waals surface area contributed by atoms with Crippen LogP contribution in [0, 0.1) is 5.92 Å². The number of ether oxygens (including phenoxy) is 1. The van der Waals surface area contributed by atoms with Crippen LogP contribution in [0.25, 0.3) is 33.1 Å². The molecule has 1 unspecified atom stereocenters. The minimum atomic E-state index is -0.644. The summed E-state index contributed by atoms with van der Waals surface area (Å²) in [5, 5.41) is 11.9. The minimum absolute atomic E-state index is 0.0263. The van der Waals surface area contributed by atoms with Crippen LogP contribution in [-0.2, 0) is 16.1 Å². The van der Waals surface area contributed by atoms with Crippen molar-refractivity contribution in [2.75, 3.05) is 19.7 Å². The van der Waals surface area contributed by atoms with Crippen LogP contribution in [0.5, 0.6) is 5.75 Å². The zero-order valence-corrected chi connectivity index (χ0v) is 19.3. The molecule has 2 aromatic carbocycles. The van der Waals surface area contributed by atoms with Gasteiger partial charge in [0.15, 0.2) is 0 Å². The van der Waals surface area contributed by atoms with Crippen molar-refractivity contribution in [2.24, 2.45) is 5.92 Å². The fraction of sp³-hybridized carbons (Fsp3) is 0.296. The number of carbonyl (C=O) groups excluding carboxylic acids is 1. The highest BCUT2D eigenvalue weighted by atomic mass is 16.5. The van der Waals surface area contributed by atoms with Crippen LogP contribution in [0.1, 0.15) is 25.3 Å². The Labute approximate surface area is 200 Å². The SMILES string of the molecule is CCOC(=O)C1CCCN(Cc2c(O)ccc3c(-c4cc5ccccc5oc4=O)cc(=O)oc23)C1. The van der Waals surface area contributed by atoms with Crippen LogP contribution in [0.15, 0.2) is 67.0 Å². The Morgan fingerprint density at radius 1 is 1.11 bits per heavy atom. The zero-order valence-electron chi connectivity index (χ0n) is 19.3. The van der Waals surface area contributed by atoms with E-state index in [4.69, 9.17) is 13.6 Å². The summed E-state index contributed by atoms with van der Waals surface area (Å²) < 4.78 is 16.2. The normalized spacial score (nSPS) is 16.5. The summed E-state index contributed by atoms with van der Waals surface area (Å²) in [5.41, 5.74) is 0.481. The summed E-state index contributed by atoms with van der Waals surface area (Å²) in [5.74, 6) is -0.497. The predicted molar refractivity (Wildman–Crippen MR) is 130 cm³/mol. The monoisotopic (exact) mass is 475 g/mol. The number of hydrogen-bond donors (Lipinski definition) is 1. The van der Waals surface area contributed by atoms with Gasteiger partial charge in [-0.3, -0.25) is 9.69 Å². The van der Waals surface area contributed by atoms with E-state index in [9.17, 15) is 19.5 Å². The molecule has 1 fully saturated rings. The molecular weight excluding hydrogens is 450 g/mol. The average molecular weight is 475 g/mol. The maximum absolute atomic E-state index is 12.8. The highest BCUT2D eigenvalue weighted by Gasteiger charge is 2.28. The number of rotatable bonds is 5. The largest absolute Gasteiger partial charge is 0.507 e. The molecule has 8 heteroatoms. The Balaban J connectivity index is 1.58. The maximum Gasteiger partial charge on any atom is 0.344 e. The van der Waals surface area contributed by atoms with E-state index in [2.05, 4.69) is 0 Å². The second-order valence-corrected chi connectivity index (χ2v) is 8.73. The number of phenols is 1. The molecule has 1 aliphatic heterocycles. The molecule has 1 aliphatic rings. The van der Waals surface area contributed by atoms with E-state index in [0.717, 1.165) is 24.8 Å². The first-order chi connectivity index (χ1) is 16.9. The quantitative estimate of drug-likeness (QED) is 0.340. The fourth-order valence-electron chi connectivity index (χ4n) is 4.77. The molecule has 8 nitrogen and oxygen atoms in total. The zero-order chi connectivity index (χ0) is 24.5. The van der Waals surface area contributed by atoms with Gasteiger partial charge in [0.25, 0.3) is 0 Å². The Morgan fingerprint density at radius 3 is 2.77 bits per heavy atom. The standard InChI is InChI=1S/C27H25NO7/c1-2-33-26(31)17-7-5-11-28(14-17)15-21-22(29)10-9-18-19(13-24(30)35-25(18)21)20-12-16-6-3-4-8-23(16)34-27(20)32/h3-4,6,8-10,12-13,17,29H,2,5,7,11,14-15H2,1H3. The number of piperidine rings is 1. The number of hydrogen-bond acceptors (Lipinski definition) is 8. The molecule has 180 valence electrons. The van der Waals surface area contributed by atoms with Crippen LogP contribution >= 0.6 is 0 Å². The maximum atomic E-state index is 12.8. The summed E-state index contributed by atoms with van der Waals surface area (Å²) in [4.78, 5) is 39.7. The van der Waals surface area contributed by atoms with Gasteiger partial charge in [-0.2, -0.15) is 0 Å². The molecule has 35 heavy (non-hydrogen) atoms. The van der Waals surface area contributed by atoms with E-state index in [1.165, 1.54) is 12.1 Å². The molecule has 0 aliphatic carbocycles. The van der Waals surface area contributed by atoms with Gasteiger partial charge >= 0.3 is 17.2 Å². The lowest BCUT2D eigenvalue weighted by molar-refractivity contribution is -0.150. The summed E-state index contributed by atoms with van der Waals surface area (Å²) in [6.45, 7) is 3.59. The van der Waals surface area contributed by atoms with E-state index in [-0.39, 0.29) is 35.3 Å². The molecule has 1 saturated heterocycles. The lowest BCUT2D eigenvalue weighted by atomic mass is 9.96. The topological polar surface area (TPSA) is 110 Å². The molecule has 1 atom stereocenters. The van der Waals surface area contributed by atoms with Crippen molar-refractivity contribution in [3.63, 3.8) is 0 Å². The van der Waals surface area contributed by atoms with Crippen molar-refractivity contribution in [1.82, 2.24) is 4.90 Å². The van der Waals surface area contributed by atoms with Crippen LogP contribution < -0.4 is 11.3 Å². The number of para-hydroxylation sites is 1. The van der Waals surface area contributed by atoms with Gasteiger partial charge in [-0.05, 0) is 50.6 Å². The van der Waals surface area contributed by atoms with E-state index in [0.29, 0.717) is 35.2 Å². The lowest BCUT2D eigenvalue weighted by Gasteiger charge is -2.31. The van der Waals surface area contributed by atoms with Gasteiger partial charge in [-0.1, -0.05) is 18.2 Å². The van der Waals surface area contributed by atoms with Crippen molar-refractivity contribution >= 4 is 27.9 Å². The highest BCUT2D eigenvalue weighted by molar-refractivity contribution is 5.97. The van der Waals surface area contributed by atoms with Crippen molar-refractivity contribution < 1.29 is 23.5 Å². The minimum Gasteiger partial charge on any atom is -0.507 e. The van der Waals surface area contributed by atoms with Gasteiger partial charge in [0.2, 0.25) is 0 Å². The smallest absolute Gasteiger partial charge is 0.344 e. The summed E-state index contributed by atoms with van der Waals surface area (Å²) in [7, 11) is 0. The fourth-order valence-corrected chi connectivity index (χ4v) is 4.77. The Bertz CT molecular complexity index is 1530. The molecule has 0 bridgehead atoms. The van der Waals surface area contributed by atoms with Gasteiger partial charge in [-0.25, -0.2) is 9.59 Å². The van der Waals surface area contributed by atoms with E-state index >= 15 is 0 Å². The molecule has 0 radical (unpaired) electrons. The summed E-state index contributed by atoms with van der Waals surface area (Å²) >= 11 is 0. The number of fused-ring (bicyclic) bond motifs is 2. The number of aromatic hydroxyl groups is 1. The van der Waals surface area contributed by atoms with Crippen LogP contribution in [0.4, 0.5) is 0 Å². The number of likely N-dealkylation sites (tertiary alicyclic amines) is 1. The van der Waals surface area contributed by atoms with Crippen molar-refractivity contribution in [2.45, 2.75) is 26.3 Å². The lowest BCUT2D eigenvalue weighted by Crippen LogP contribution is -2.39. The highest BCUT2D eigenvalue weighted by Crippen LogP contribution is 2.34. The molecule has 0 spiro atoms.